The van der Waals surface area contributed by atoms with Crippen LogP contribution in [0.15, 0.2) is 48.8 Å². The lowest BCUT2D eigenvalue weighted by Crippen LogP contribution is -2.30. The summed E-state index contributed by atoms with van der Waals surface area (Å²) in [4.78, 5) is 12.8. The lowest BCUT2D eigenvalue weighted by Gasteiger charge is -2.15. The zero-order chi connectivity index (χ0) is 11.8. The fourth-order valence-corrected chi connectivity index (χ4v) is 2.86. The second kappa shape index (κ2) is 3.75. The first-order valence-corrected chi connectivity index (χ1v) is 6.02. The average Bonchev–Trinajstić information content (AvgIpc) is 2.74. The molecule has 0 aliphatic carbocycles. The van der Waals surface area contributed by atoms with E-state index >= 15 is 0 Å². The number of hydrogen-bond acceptors (Lipinski definition) is 3. The predicted molar refractivity (Wildman–Crippen MR) is 70.0 cm³/mol. The number of fused-ring (bicyclic) bond motifs is 1. The van der Waals surface area contributed by atoms with Gasteiger partial charge in [-0.2, -0.15) is 0 Å². The van der Waals surface area contributed by atoms with Gasteiger partial charge < -0.3 is 10.6 Å². The van der Waals surface area contributed by atoms with Gasteiger partial charge in [0.05, 0.1) is 5.56 Å². The second-order valence-corrected chi connectivity index (χ2v) is 4.83. The van der Waals surface area contributed by atoms with Crippen LogP contribution in [-0.4, -0.2) is 5.91 Å². The first-order chi connectivity index (χ1) is 8.24. The van der Waals surface area contributed by atoms with Crippen LogP contribution in [0, 0.1) is 0 Å². The number of rotatable bonds is 1. The highest BCUT2D eigenvalue weighted by atomic mass is 32.1. The van der Waals surface area contributed by atoms with Gasteiger partial charge in [0.25, 0.3) is 5.91 Å². The number of carbonyl (C=O) groups excluding carboxylic acids is 1. The standard InChI is InChI=1S/C13H10N2OS/c1-8-14-12(16)10-7-11(17-13(10)15-8)9-5-3-2-4-6-9/h2-7,15H,1H2,(H,14,16). The fraction of sp³-hybridized carbons (Fsp3) is 0. The molecule has 0 saturated carbocycles. The molecule has 1 aromatic carbocycles. The minimum atomic E-state index is -0.0952. The Morgan fingerprint density at radius 1 is 1.12 bits per heavy atom. The first kappa shape index (κ1) is 10.1. The molecule has 3 rings (SSSR count). The van der Waals surface area contributed by atoms with E-state index in [0.29, 0.717) is 11.4 Å². The van der Waals surface area contributed by atoms with Gasteiger partial charge in [0.15, 0.2) is 0 Å². The molecule has 0 saturated heterocycles. The van der Waals surface area contributed by atoms with Crippen molar-refractivity contribution in [2.75, 3.05) is 5.32 Å². The van der Waals surface area contributed by atoms with Gasteiger partial charge >= 0.3 is 0 Å². The van der Waals surface area contributed by atoms with Crippen LogP contribution in [0.5, 0.6) is 0 Å². The summed E-state index contributed by atoms with van der Waals surface area (Å²) in [5.41, 5.74) is 1.80. The van der Waals surface area contributed by atoms with E-state index in [1.165, 1.54) is 0 Å². The van der Waals surface area contributed by atoms with Crippen molar-refractivity contribution in [1.29, 1.82) is 0 Å². The van der Waals surface area contributed by atoms with Gasteiger partial charge in [-0.05, 0) is 11.6 Å². The summed E-state index contributed by atoms with van der Waals surface area (Å²) in [6, 6.07) is 11.9. The molecule has 0 spiro atoms. The molecule has 0 atom stereocenters. The zero-order valence-electron chi connectivity index (χ0n) is 8.99. The van der Waals surface area contributed by atoms with Crippen molar-refractivity contribution in [3.8, 4) is 10.4 Å². The zero-order valence-corrected chi connectivity index (χ0v) is 9.80. The quantitative estimate of drug-likeness (QED) is 0.807. The number of hydrogen-bond donors (Lipinski definition) is 2. The predicted octanol–water partition coefficient (Wildman–Crippen LogP) is 3.04. The minimum Gasteiger partial charge on any atom is -0.333 e. The Hall–Kier alpha value is -2.07. The van der Waals surface area contributed by atoms with Crippen molar-refractivity contribution >= 4 is 22.2 Å². The van der Waals surface area contributed by atoms with Crippen LogP contribution in [0.4, 0.5) is 5.00 Å². The normalized spacial score (nSPS) is 13.9. The van der Waals surface area contributed by atoms with Crippen LogP contribution in [0.2, 0.25) is 0 Å². The molecule has 84 valence electrons. The van der Waals surface area contributed by atoms with E-state index in [1.54, 1.807) is 11.3 Å². The molecule has 1 aliphatic rings. The summed E-state index contributed by atoms with van der Waals surface area (Å²) in [7, 11) is 0. The van der Waals surface area contributed by atoms with Crippen LogP contribution >= 0.6 is 11.3 Å². The molecule has 3 nitrogen and oxygen atoms in total. The summed E-state index contributed by atoms with van der Waals surface area (Å²) >= 11 is 1.56. The highest BCUT2D eigenvalue weighted by Crippen LogP contribution is 2.37. The SMILES string of the molecule is C=C1NC(=O)c2cc(-c3ccccc3)sc2N1. The summed E-state index contributed by atoms with van der Waals surface area (Å²) in [5, 5.41) is 6.59. The molecule has 2 N–H and O–H groups in total. The number of benzene rings is 1. The minimum absolute atomic E-state index is 0.0952. The molecule has 1 aromatic heterocycles. The van der Waals surface area contributed by atoms with Crippen molar-refractivity contribution in [1.82, 2.24) is 5.32 Å². The third kappa shape index (κ3) is 1.72. The van der Waals surface area contributed by atoms with E-state index in [9.17, 15) is 4.79 Å². The molecule has 0 bridgehead atoms. The van der Waals surface area contributed by atoms with E-state index in [0.717, 1.165) is 15.4 Å². The number of carbonyl (C=O) groups is 1. The molecule has 1 aliphatic heterocycles. The van der Waals surface area contributed by atoms with Crippen molar-refractivity contribution in [2.24, 2.45) is 0 Å². The Balaban J connectivity index is 2.08. The molecule has 0 unspecified atom stereocenters. The number of thiophene rings is 1. The third-order valence-corrected chi connectivity index (χ3v) is 3.66. The maximum Gasteiger partial charge on any atom is 0.259 e. The molecule has 4 heteroatoms. The van der Waals surface area contributed by atoms with Gasteiger partial charge in [-0.3, -0.25) is 4.79 Å². The molecule has 1 amide bonds. The topological polar surface area (TPSA) is 41.1 Å². The average molecular weight is 242 g/mol. The summed E-state index contributed by atoms with van der Waals surface area (Å²) in [5.74, 6) is 0.436. The molecule has 2 heterocycles. The highest BCUT2D eigenvalue weighted by Gasteiger charge is 2.22. The lowest BCUT2D eigenvalue weighted by molar-refractivity contribution is 0.0964. The Morgan fingerprint density at radius 2 is 1.88 bits per heavy atom. The van der Waals surface area contributed by atoms with E-state index in [-0.39, 0.29) is 5.91 Å². The first-order valence-electron chi connectivity index (χ1n) is 5.20. The second-order valence-electron chi connectivity index (χ2n) is 3.78. The summed E-state index contributed by atoms with van der Waals surface area (Å²) in [6.45, 7) is 3.71. The largest absolute Gasteiger partial charge is 0.333 e. The van der Waals surface area contributed by atoms with Crippen molar-refractivity contribution < 1.29 is 4.79 Å². The fourth-order valence-electron chi connectivity index (χ4n) is 1.77. The van der Waals surface area contributed by atoms with Gasteiger partial charge in [0.1, 0.15) is 10.8 Å². The monoisotopic (exact) mass is 242 g/mol. The maximum absolute atomic E-state index is 11.7. The lowest BCUT2D eigenvalue weighted by atomic mass is 10.1. The molecular formula is C13H10N2OS. The Morgan fingerprint density at radius 3 is 2.65 bits per heavy atom. The van der Waals surface area contributed by atoms with Crippen molar-refractivity contribution in [3.05, 3.63) is 54.4 Å². The number of nitrogens with one attached hydrogen (secondary N) is 2. The Kier molecular flexibility index (Phi) is 2.23. The van der Waals surface area contributed by atoms with Gasteiger partial charge in [-0.15, -0.1) is 11.3 Å². The molecule has 17 heavy (non-hydrogen) atoms. The van der Waals surface area contributed by atoms with Crippen molar-refractivity contribution in [2.45, 2.75) is 0 Å². The van der Waals surface area contributed by atoms with E-state index in [4.69, 9.17) is 0 Å². The van der Waals surface area contributed by atoms with E-state index in [1.807, 2.05) is 36.4 Å². The Labute approximate surface area is 103 Å². The molecule has 2 aromatic rings. The molecule has 0 radical (unpaired) electrons. The molecular weight excluding hydrogens is 232 g/mol. The van der Waals surface area contributed by atoms with Crippen LogP contribution in [0.1, 0.15) is 10.4 Å². The van der Waals surface area contributed by atoms with E-state index < -0.39 is 0 Å². The smallest absolute Gasteiger partial charge is 0.259 e. The molecule has 0 fully saturated rings. The number of amides is 1. The van der Waals surface area contributed by atoms with E-state index in [2.05, 4.69) is 17.2 Å². The third-order valence-electron chi connectivity index (χ3n) is 2.56. The van der Waals surface area contributed by atoms with Gasteiger partial charge in [-0.25, -0.2) is 0 Å². The number of anilines is 1. The highest BCUT2D eigenvalue weighted by molar-refractivity contribution is 7.20. The summed E-state index contributed by atoms with van der Waals surface area (Å²) in [6.07, 6.45) is 0. The van der Waals surface area contributed by atoms with Crippen molar-refractivity contribution in [3.63, 3.8) is 0 Å². The van der Waals surface area contributed by atoms with Gasteiger partial charge in [0, 0.05) is 4.88 Å². The Bertz CT molecular complexity index is 601. The maximum atomic E-state index is 11.7. The van der Waals surface area contributed by atoms with Crippen LogP contribution in [0.3, 0.4) is 0 Å². The van der Waals surface area contributed by atoms with Crippen LogP contribution < -0.4 is 10.6 Å². The summed E-state index contributed by atoms with van der Waals surface area (Å²) < 4.78 is 0. The van der Waals surface area contributed by atoms with Gasteiger partial charge in [0.2, 0.25) is 0 Å². The van der Waals surface area contributed by atoms with Crippen LogP contribution in [-0.2, 0) is 0 Å². The van der Waals surface area contributed by atoms with Crippen LogP contribution in [0.25, 0.3) is 10.4 Å². The van der Waals surface area contributed by atoms with Gasteiger partial charge in [-0.1, -0.05) is 36.9 Å².